The van der Waals surface area contributed by atoms with Gasteiger partial charge in [0, 0.05) is 36.8 Å². The van der Waals surface area contributed by atoms with Crippen LogP contribution in [-0.2, 0) is 22.7 Å². The molecule has 3 aromatic rings. The first-order valence-corrected chi connectivity index (χ1v) is 12.0. The van der Waals surface area contributed by atoms with Crippen LogP contribution in [0, 0.1) is 0 Å². The van der Waals surface area contributed by atoms with Gasteiger partial charge in [0.15, 0.2) is 11.5 Å². The Morgan fingerprint density at radius 3 is 2.40 bits per heavy atom. The summed E-state index contributed by atoms with van der Waals surface area (Å²) in [7, 11) is 2.63. The van der Waals surface area contributed by atoms with Gasteiger partial charge in [-0.25, -0.2) is 0 Å². The van der Waals surface area contributed by atoms with Crippen molar-refractivity contribution >= 4 is 12.3 Å². The minimum absolute atomic E-state index is 0.0283. The number of hydrogen-bond donors (Lipinski definition) is 1. The molecule has 13 heteroatoms. The van der Waals surface area contributed by atoms with E-state index in [4.69, 9.17) is 9.26 Å². The zero-order chi connectivity index (χ0) is 29.5. The van der Waals surface area contributed by atoms with E-state index in [0.717, 1.165) is 5.56 Å². The Hall–Kier alpha value is -4.68. The standard InChI is InChI=1S/C25H26FN5O5.2CH3F/c1-3-30(17-32)23-22(24(33)29(2)16-21-12-13-27-36-21)31(15-18-8-5-4-6-9-18)25(28-23)34-19-10-7-11-20(14-19)35-26;2*1-2/h4-14,17,25,28H,3,15-16H2,1-2H3;2*1H3. The number of nitrogens with zero attached hydrogens (tertiary/aromatic N) is 4. The van der Waals surface area contributed by atoms with E-state index in [1.54, 1.807) is 37.1 Å². The molecule has 0 bridgehead atoms. The molecule has 1 aliphatic rings. The summed E-state index contributed by atoms with van der Waals surface area (Å²) in [5.41, 5.74) is 1.14. The fourth-order valence-electron chi connectivity index (χ4n) is 3.81. The summed E-state index contributed by atoms with van der Waals surface area (Å²) in [6.07, 6.45) is 1.26. The van der Waals surface area contributed by atoms with Crippen molar-refractivity contribution in [2.24, 2.45) is 0 Å². The summed E-state index contributed by atoms with van der Waals surface area (Å²) in [4.78, 5) is 34.1. The molecule has 2 aromatic carbocycles. The number of carbonyl (C=O) groups is 2. The molecule has 40 heavy (non-hydrogen) atoms. The van der Waals surface area contributed by atoms with Gasteiger partial charge in [0.2, 0.25) is 6.41 Å². The third-order valence-corrected chi connectivity index (χ3v) is 5.58. The fourth-order valence-corrected chi connectivity index (χ4v) is 3.81. The lowest BCUT2D eigenvalue weighted by atomic mass is 10.2. The van der Waals surface area contributed by atoms with E-state index in [-0.39, 0.29) is 30.4 Å². The van der Waals surface area contributed by atoms with Crippen molar-refractivity contribution in [3.05, 3.63) is 89.7 Å². The molecule has 0 fully saturated rings. The van der Waals surface area contributed by atoms with Crippen LogP contribution in [-0.4, -0.2) is 66.5 Å². The van der Waals surface area contributed by atoms with Crippen LogP contribution in [0.1, 0.15) is 18.2 Å². The summed E-state index contributed by atoms with van der Waals surface area (Å²) in [5, 5.41) is 6.84. The molecule has 0 saturated heterocycles. The molecule has 0 saturated carbocycles. The SMILES string of the molecule is CCN(C=O)C1=C(C(=O)N(C)Cc2ccno2)N(Cc2ccccc2)C(Oc2cccc(OF)c2)N1.CF.CF. The number of alkyl halides is 2. The van der Waals surface area contributed by atoms with E-state index < -0.39 is 6.35 Å². The van der Waals surface area contributed by atoms with Crippen molar-refractivity contribution in [3.8, 4) is 11.5 Å². The number of aromatic nitrogens is 1. The molecule has 4 rings (SSSR count). The molecule has 1 atom stereocenters. The number of carbonyl (C=O) groups excluding carboxylic acids is 2. The predicted octanol–water partition coefficient (Wildman–Crippen LogP) is 4.18. The quantitative estimate of drug-likeness (QED) is 0.347. The summed E-state index contributed by atoms with van der Waals surface area (Å²) < 4.78 is 43.0. The van der Waals surface area contributed by atoms with Gasteiger partial charge >= 0.3 is 0 Å². The third kappa shape index (κ3) is 7.91. The van der Waals surface area contributed by atoms with Crippen LogP contribution in [0.15, 0.2) is 82.9 Å². The van der Waals surface area contributed by atoms with Gasteiger partial charge in [-0.05, 0) is 24.6 Å². The molecule has 10 nitrogen and oxygen atoms in total. The smallest absolute Gasteiger partial charge is 0.274 e. The van der Waals surface area contributed by atoms with Crippen LogP contribution in [0.3, 0.4) is 0 Å². The Kier molecular flexibility index (Phi) is 12.9. The first-order chi connectivity index (χ1) is 19.5. The highest BCUT2D eigenvalue weighted by molar-refractivity contribution is 5.94. The Morgan fingerprint density at radius 1 is 1.10 bits per heavy atom. The van der Waals surface area contributed by atoms with Gasteiger partial charge in [0.1, 0.15) is 17.3 Å². The van der Waals surface area contributed by atoms with Crippen molar-refractivity contribution in [2.75, 3.05) is 27.9 Å². The van der Waals surface area contributed by atoms with Crippen molar-refractivity contribution in [1.82, 2.24) is 25.2 Å². The van der Waals surface area contributed by atoms with Crippen molar-refractivity contribution in [1.29, 1.82) is 0 Å². The van der Waals surface area contributed by atoms with E-state index >= 15 is 0 Å². The minimum Gasteiger partial charge on any atom is -0.452 e. The van der Waals surface area contributed by atoms with Crippen LogP contribution in [0.2, 0.25) is 0 Å². The van der Waals surface area contributed by atoms with Gasteiger partial charge < -0.3 is 24.4 Å². The first kappa shape index (κ1) is 31.5. The lowest BCUT2D eigenvalue weighted by molar-refractivity contribution is -0.129. The normalized spacial score (nSPS) is 13.7. The molecular weight excluding hydrogens is 531 g/mol. The number of halogens is 3. The molecule has 1 N–H and O–H groups in total. The number of rotatable bonds is 11. The molecule has 1 aromatic heterocycles. The zero-order valence-corrected chi connectivity index (χ0v) is 22.6. The molecule has 2 amide bonds. The summed E-state index contributed by atoms with van der Waals surface area (Å²) in [5.74, 6) is 0.711. The van der Waals surface area contributed by atoms with E-state index in [1.807, 2.05) is 30.3 Å². The van der Waals surface area contributed by atoms with E-state index in [1.165, 1.54) is 28.1 Å². The maximum atomic E-state index is 13.8. The summed E-state index contributed by atoms with van der Waals surface area (Å²) >= 11 is 0. The first-order valence-electron chi connectivity index (χ1n) is 12.0. The van der Waals surface area contributed by atoms with Gasteiger partial charge in [-0.15, -0.1) is 0 Å². The van der Waals surface area contributed by atoms with E-state index in [2.05, 4.69) is 15.4 Å². The van der Waals surface area contributed by atoms with Gasteiger partial charge in [-0.2, -0.15) is 0 Å². The van der Waals surface area contributed by atoms with Gasteiger partial charge in [0.25, 0.3) is 12.3 Å². The minimum atomic E-state index is -0.887. The molecule has 1 aliphatic heterocycles. The van der Waals surface area contributed by atoms with Crippen LogP contribution >= 0.6 is 0 Å². The second-order valence-corrected chi connectivity index (χ2v) is 8.01. The number of hydrogen-bond acceptors (Lipinski definition) is 8. The molecule has 216 valence electrons. The lowest BCUT2D eigenvalue weighted by Gasteiger charge is -2.30. The number of amides is 2. The van der Waals surface area contributed by atoms with E-state index in [0.29, 0.717) is 44.6 Å². The number of benzene rings is 2. The maximum Gasteiger partial charge on any atom is 0.274 e. The molecule has 0 spiro atoms. The van der Waals surface area contributed by atoms with Crippen molar-refractivity contribution in [3.63, 3.8) is 0 Å². The van der Waals surface area contributed by atoms with Crippen LogP contribution in [0.5, 0.6) is 11.5 Å². The third-order valence-electron chi connectivity index (χ3n) is 5.58. The van der Waals surface area contributed by atoms with Crippen LogP contribution < -0.4 is 15.0 Å². The molecule has 2 heterocycles. The van der Waals surface area contributed by atoms with Crippen LogP contribution in [0.25, 0.3) is 0 Å². The molecule has 0 aliphatic carbocycles. The second-order valence-electron chi connectivity index (χ2n) is 8.01. The Balaban J connectivity index is 0.00000134. The predicted molar refractivity (Wildman–Crippen MR) is 140 cm³/mol. The van der Waals surface area contributed by atoms with Crippen LogP contribution in [0.4, 0.5) is 13.3 Å². The average Bonchev–Trinajstić information content (AvgIpc) is 3.64. The zero-order valence-electron chi connectivity index (χ0n) is 22.6. The van der Waals surface area contributed by atoms with Gasteiger partial charge in [0.05, 0.1) is 27.1 Å². The lowest BCUT2D eigenvalue weighted by Crippen LogP contribution is -2.44. The van der Waals surface area contributed by atoms with Gasteiger partial charge in [-0.3, -0.25) is 28.2 Å². The highest BCUT2D eigenvalue weighted by Crippen LogP contribution is 2.30. The highest BCUT2D eigenvalue weighted by atomic mass is 19.3. The van der Waals surface area contributed by atoms with Gasteiger partial charge in [-0.1, -0.05) is 41.6 Å². The Morgan fingerprint density at radius 2 is 1.80 bits per heavy atom. The number of likely N-dealkylation sites (N-methyl/N-ethyl adjacent to an activating group) is 1. The maximum absolute atomic E-state index is 13.8. The number of nitrogens with one attached hydrogen (secondary N) is 1. The number of ether oxygens (including phenoxy) is 1. The summed E-state index contributed by atoms with van der Waals surface area (Å²) in [6.45, 7) is 2.56. The van der Waals surface area contributed by atoms with Crippen molar-refractivity contribution in [2.45, 2.75) is 26.4 Å². The summed E-state index contributed by atoms with van der Waals surface area (Å²) in [6, 6.07) is 17.2. The average molecular weight is 564 g/mol. The molecule has 0 radical (unpaired) electrons. The van der Waals surface area contributed by atoms with Crippen molar-refractivity contribution < 1.29 is 37.1 Å². The van der Waals surface area contributed by atoms with E-state index in [9.17, 15) is 22.9 Å². The molecular formula is C27H32F3N5O5. The Labute approximate surface area is 230 Å². The topological polar surface area (TPSA) is 100 Å². The fraction of sp³-hybridized carbons (Fsp3) is 0.296. The largest absolute Gasteiger partial charge is 0.452 e. The highest BCUT2D eigenvalue weighted by Gasteiger charge is 2.40. The molecule has 1 unspecified atom stereocenters. The second kappa shape index (κ2) is 16.3. The Bertz CT molecular complexity index is 1210. The monoisotopic (exact) mass is 563 g/mol.